The van der Waals surface area contributed by atoms with Gasteiger partial charge >= 0.3 is 0 Å². The maximum atomic E-state index is 12.5. The van der Waals surface area contributed by atoms with E-state index >= 15 is 0 Å². The highest BCUT2D eigenvalue weighted by Crippen LogP contribution is 2.16. The summed E-state index contributed by atoms with van der Waals surface area (Å²) >= 11 is 0. The second-order valence-corrected chi connectivity index (χ2v) is 7.96. The predicted molar refractivity (Wildman–Crippen MR) is 125 cm³/mol. The highest BCUT2D eigenvalue weighted by atomic mass is 127. The Labute approximate surface area is 191 Å². The Morgan fingerprint density at radius 2 is 2.00 bits per heavy atom. The van der Waals surface area contributed by atoms with Gasteiger partial charge in [-0.1, -0.05) is 6.92 Å². The number of aromatic nitrogens is 2. The number of hydrogen-bond donors (Lipinski definition) is 1. The molecule has 0 radical (unpaired) electrons. The summed E-state index contributed by atoms with van der Waals surface area (Å²) in [4.78, 5) is 21.1. The van der Waals surface area contributed by atoms with Crippen molar-refractivity contribution in [3.63, 3.8) is 0 Å². The van der Waals surface area contributed by atoms with E-state index in [2.05, 4.69) is 44.9 Å². The van der Waals surface area contributed by atoms with Crippen molar-refractivity contribution in [1.29, 1.82) is 0 Å². The Kier molecular flexibility index (Phi) is 9.19. The lowest BCUT2D eigenvalue weighted by atomic mass is 10.2. The summed E-state index contributed by atoms with van der Waals surface area (Å²) in [6.45, 7) is 11.8. The lowest BCUT2D eigenvalue weighted by molar-refractivity contribution is -0.142. The number of nitrogens with zero attached hydrogens (tertiary/aromatic N) is 5. The highest BCUT2D eigenvalue weighted by Gasteiger charge is 2.30. The SMILES string of the molecule is CN=C(NCC(C)Cn1nc(C)cc1C)N1CCN(C(=O)C2CCCO2)CC1.I. The number of carbonyl (C=O) groups is 1. The topological polar surface area (TPSA) is 75.0 Å². The quantitative estimate of drug-likeness (QED) is 0.365. The van der Waals surface area contributed by atoms with Gasteiger partial charge in [-0.15, -0.1) is 24.0 Å². The fourth-order valence-corrected chi connectivity index (χ4v) is 3.93. The molecular weight excluding hydrogens is 483 g/mol. The van der Waals surface area contributed by atoms with Crippen LogP contribution in [0.2, 0.25) is 0 Å². The minimum atomic E-state index is -0.223. The molecule has 164 valence electrons. The molecule has 9 heteroatoms. The average Bonchev–Trinajstić information content (AvgIpc) is 3.32. The van der Waals surface area contributed by atoms with Gasteiger partial charge in [-0.25, -0.2) is 0 Å². The largest absolute Gasteiger partial charge is 0.368 e. The first-order valence-electron chi connectivity index (χ1n) is 10.3. The number of amides is 1. The average molecular weight is 518 g/mol. The number of piperazine rings is 1. The Morgan fingerprint density at radius 1 is 1.31 bits per heavy atom. The molecule has 3 heterocycles. The minimum absolute atomic E-state index is 0. The van der Waals surface area contributed by atoms with Gasteiger partial charge < -0.3 is 19.9 Å². The van der Waals surface area contributed by atoms with Crippen molar-refractivity contribution in [3.8, 4) is 0 Å². The van der Waals surface area contributed by atoms with Gasteiger partial charge in [-0.3, -0.25) is 14.5 Å². The molecule has 0 bridgehead atoms. The van der Waals surface area contributed by atoms with Gasteiger partial charge in [0.15, 0.2) is 5.96 Å². The molecule has 2 aliphatic heterocycles. The molecule has 0 aromatic carbocycles. The van der Waals surface area contributed by atoms with E-state index in [9.17, 15) is 4.79 Å². The van der Waals surface area contributed by atoms with E-state index in [0.29, 0.717) is 12.5 Å². The van der Waals surface area contributed by atoms with Crippen LogP contribution in [-0.4, -0.2) is 83.9 Å². The third-order valence-electron chi connectivity index (χ3n) is 5.50. The lowest BCUT2D eigenvalue weighted by Crippen LogP contribution is -2.55. The van der Waals surface area contributed by atoms with E-state index in [-0.39, 0.29) is 36.0 Å². The molecule has 0 aliphatic carbocycles. The summed E-state index contributed by atoms with van der Waals surface area (Å²) < 4.78 is 7.61. The number of ether oxygens (including phenoxy) is 1. The van der Waals surface area contributed by atoms with Crippen LogP contribution in [0.4, 0.5) is 0 Å². The van der Waals surface area contributed by atoms with Crippen LogP contribution in [0, 0.1) is 19.8 Å². The minimum Gasteiger partial charge on any atom is -0.368 e. The molecule has 2 saturated heterocycles. The van der Waals surface area contributed by atoms with E-state index < -0.39 is 0 Å². The summed E-state index contributed by atoms with van der Waals surface area (Å²) in [5.41, 5.74) is 2.25. The maximum absolute atomic E-state index is 12.5. The molecular formula is C20H35IN6O2. The number of aryl methyl sites for hydroxylation is 2. The van der Waals surface area contributed by atoms with Gasteiger partial charge in [0.1, 0.15) is 6.10 Å². The molecule has 1 N–H and O–H groups in total. The van der Waals surface area contributed by atoms with Crippen molar-refractivity contribution in [2.45, 2.75) is 46.3 Å². The summed E-state index contributed by atoms with van der Waals surface area (Å²) in [5.74, 6) is 1.49. The van der Waals surface area contributed by atoms with Gasteiger partial charge in [0.25, 0.3) is 5.91 Å². The van der Waals surface area contributed by atoms with E-state index in [1.165, 1.54) is 5.69 Å². The van der Waals surface area contributed by atoms with E-state index in [1.54, 1.807) is 0 Å². The van der Waals surface area contributed by atoms with Crippen LogP contribution >= 0.6 is 24.0 Å². The molecule has 2 aliphatic rings. The zero-order chi connectivity index (χ0) is 20.1. The predicted octanol–water partition coefficient (Wildman–Crippen LogP) is 1.65. The van der Waals surface area contributed by atoms with Crippen LogP contribution in [-0.2, 0) is 16.1 Å². The van der Waals surface area contributed by atoms with Gasteiger partial charge in [0.05, 0.1) is 5.69 Å². The van der Waals surface area contributed by atoms with E-state index in [0.717, 1.165) is 63.8 Å². The van der Waals surface area contributed by atoms with Gasteiger partial charge in [0.2, 0.25) is 0 Å². The Hall–Kier alpha value is -1.36. The summed E-state index contributed by atoms with van der Waals surface area (Å²) in [6.07, 6.45) is 1.62. The molecule has 2 unspecified atom stereocenters. The van der Waals surface area contributed by atoms with Crippen LogP contribution in [0.1, 0.15) is 31.2 Å². The zero-order valence-corrected chi connectivity index (χ0v) is 20.4. The van der Waals surface area contributed by atoms with E-state index in [4.69, 9.17) is 4.74 Å². The standard InChI is InChI=1S/C20H34N6O2.HI/c1-15(14-26-17(3)12-16(2)23-26)13-22-20(21-4)25-9-7-24(8-10-25)19(27)18-6-5-11-28-18;/h12,15,18H,5-11,13-14H2,1-4H3,(H,21,22);1H. The second-order valence-electron chi connectivity index (χ2n) is 7.96. The molecule has 0 saturated carbocycles. The molecule has 3 rings (SSSR count). The molecule has 0 spiro atoms. The number of aliphatic imine (C=N–C) groups is 1. The van der Waals surface area contributed by atoms with Crippen molar-refractivity contribution >= 4 is 35.8 Å². The first-order valence-corrected chi connectivity index (χ1v) is 10.3. The fraction of sp³-hybridized carbons (Fsp3) is 0.750. The van der Waals surface area contributed by atoms with Gasteiger partial charge in [-0.05, 0) is 38.7 Å². The Morgan fingerprint density at radius 3 is 2.55 bits per heavy atom. The second kappa shape index (κ2) is 11.1. The van der Waals surface area contributed by atoms with Crippen molar-refractivity contribution in [2.24, 2.45) is 10.9 Å². The molecule has 2 fully saturated rings. The molecule has 1 amide bonds. The molecule has 2 atom stereocenters. The van der Waals surface area contributed by atoms with Gasteiger partial charge in [-0.2, -0.15) is 5.10 Å². The summed E-state index contributed by atoms with van der Waals surface area (Å²) in [5, 5.41) is 8.04. The number of halogens is 1. The number of hydrogen-bond acceptors (Lipinski definition) is 4. The van der Waals surface area contributed by atoms with Crippen molar-refractivity contribution in [3.05, 3.63) is 17.5 Å². The summed E-state index contributed by atoms with van der Waals surface area (Å²) in [6, 6.07) is 2.11. The Bertz CT molecular complexity index is 693. The Balaban J connectivity index is 0.00000300. The molecule has 8 nitrogen and oxygen atoms in total. The first kappa shape index (κ1) is 23.9. The number of guanidine groups is 1. The maximum Gasteiger partial charge on any atom is 0.251 e. The highest BCUT2D eigenvalue weighted by molar-refractivity contribution is 14.0. The third-order valence-corrected chi connectivity index (χ3v) is 5.50. The number of rotatable bonds is 5. The van der Waals surface area contributed by atoms with Crippen molar-refractivity contribution < 1.29 is 9.53 Å². The van der Waals surface area contributed by atoms with Crippen LogP contribution in [0.15, 0.2) is 11.1 Å². The summed E-state index contributed by atoms with van der Waals surface area (Å²) in [7, 11) is 1.82. The normalized spacial score (nSPS) is 21.1. The smallest absolute Gasteiger partial charge is 0.251 e. The van der Waals surface area contributed by atoms with Crippen molar-refractivity contribution in [2.75, 3.05) is 46.4 Å². The van der Waals surface area contributed by atoms with Crippen LogP contribution in [0.5, 0.6) is 0 Å². The van der Waals surface area contributed by atoms with Gasteiger partial charge in [0, 0.05) is 58.6 Å². The van der Waals surface area contributed by atoms with Crippen LogP contribution < -0.4 is 5.32 Å². The van der Waals surface area contributed by atoms with Crippen LogP contribution in [0.25, 0.3) is 0 Å². The first-order chi connectivity index (χ1) is 13.5. The van der Waals surface area contributed by atoms with E-state index in [1.807, 2.05) is 18.9 Å². The fourth-order valence-electron chi connectivity index (χ4n) is 3.93. The lowest BCUT2D eigenvalue weighted by Gasteiger charge is -2.37. The number of nitrogens with one attached hydrogen (secondary N) is 1. The number of carbonyl (C=O) groups excluding carboxylic acids is 1. The van der Waals surface area contributed by atoms with Crippen molar-refractivity contribution in [1.82, 2.24) is 24.9 Å². The van der Waals surface area contributed by atoms with Crippen LogP contribution in [0.3, 0.4) is 0 Å². The molecule has 1 aromatic heterocycles. The third kappa shape index (κ3) is 6.31. The molecule has 1 aromatic rings. The zero-order valence-electron chi connectivity index (χ0n) is 18.1. The monoisotopic (exact) mass is 518 g/mol. The molecule has 29 heavy (non-hydrogen) atoms.